The van der Waals surface area contributed by atoms with Gasteiger partial charge in [0.15, 0.2) is 0 Å². The molecule has 2 aliphatic rings. The molecule has 1 aliphatic carbocycles. The van der Waals surface area contributed by atoms with Crippen LogP contribution in [-0.4, -0.2) is 93.0 Å². The van der Waals surface area contributed by atoms with Gasteiger partial charge in [0.1, 0.15) is 18.7 Å². The molecular formula is C45H51N5O9Si. The highest BCUT2D eigenvalue weighted by Crippen LogP contribution is 2.34. The fourth-order valence-electron chi connectivity index (χ4n) is 8.03. The number of hydrogen-bond donors (Lipinski definition) is 2. The number of aromatic nitrogens is 3. The van der Waals surface area contributed by atoms with Gasteiger partial charge >= 0.3 is 23.9 Å². The quantitative estimate of drug-likeness (QED) is 0.0578. The fourth-order valence-corrected chi connectivity index (χ4v) is 10.2. The van der Waals surface area contributed by atoms with E-state index in [2.05, 4.69) is 47.4 Å². The van der Waals surface area contributed by atoms with Crippen LogP contribution in [0.2, 0.25) is 19.1 Å². The van der Waals surface area contributed by atoms with Gasteiger partial charge in [0, 0.05) is 42.5 Å². The Kier molecular flexibility index (Phi) is 14.7. The van der Waals surface area contributed by atoms with Crippen LogP contribution in [-0.2, 0) is 36.6 Å². The molecular weight excluding hydrogens is 783 g/mol. The van der Waals surface area contributed by atoms with Crippen LogP contribution in [0, 0.1) is 17.2 Å². The van der Waals surface area contributed by atoms with Gasteiger partial charge in [0.05, 0.1) is 37.4 Å². The summed E-state index contributed by atoms with van der Waals surface area (Å²) in [6.45, 7) is 5.89. The van der Waals surface area contributed by atoms with E-state index >= 15 is 0 Å². The zero-order valence-corrected chi connectivity index (χ0v) is 34.9. The number of carbonyl (C=O) groups is 4. The van der Waals surface area contributed by atoms with Gasteiger partial charge in [-0.1, -0.05) is 74.5 Å². The van der Waals surface area contributed by atoms with Crippen LogP contribution in [0.3, 0.4) is 0 Å². The largest absolute Gasteiger partial charge is 0.478 e. The Morgan fingerprint density at radius 2 is 1.62 bits per heavy atom. The number of rotatable bonds is 18. The molecule has 3 heterocycles. The second-order valence-electron chi connectivity index (χ2n) is 16.1. The molecule has 1 fully saturated rings. The number of nitriles is 1. The first-order chi connectivity index (χ1) is 29.0. The SMILES string of the molecule is C[Si](C)(CCOCn1ccc2c(C3=CN(C(CC#N)C4CCCC4)CCCC=C3)ncnc21)Cc1ccccc1C(=O)OC(C(=O)O)C(OC(=O)c1ccccc1)C(=O)O. The van der Waals surface area contributed by atoms with E-state index in [0.717, 1.165) is 60.6 Å². The van der Waals surface area contributed by atoms with E-state index in [1.165, 1.54) is 43.2 Å². The van der Waals surface area contributed by atoms with Crippen molar-refractivity contribution in [3.8, 4) is 6.07 Å². The lowest BCUT2D eigenvalue weighted by atomic mass is 9.93. The zero-order valence-electron chi connectivity index (χ0n) is 33.9. The number of ether oxygens (including phenoxy) is 3. The van der Waals surface area contributed by atoms with E-state index in [1.54, 1.807) is 30.6 Å². The molecule has 15 heteroatoms. The Labute approximate surface area is 350 Å². The van der Waals surface area contributed by atoms with E-state index in [9.17, 15) is 34.7 Å². The average molecular weight is 834 g/mol. The van der Waals surface area contributed by atoms with Crippen LogP contribution >= 0.6 is 0 Å². The van der Waals surface area contributed by atoms with Crippen LogP contribution in [0.1, 0.15) is 76.9 Å². The van der Waals surface area contributed by atoms with Crippen molar-refractivity contribution in [2.45, 2.75) is 95.1 Å². The number of carboxylic acid groups (broad SMARTS) is 2. The molecule has 4 aromatic rings. The summed E-state index contributed by atoms with van der Waals surface area (Å²) in [5, 5.41) is 30.3. The van der Waals surface area contributed by atoms with Crippen LogP contribution in [0.15, 0.2) is 91.5 Å². The molecule has 6 rings (SSSR count). The molecule has 2 N–H and O–H groups in total. The predicted molar refractivity (Wildman–Crippen MR) is 225 cm³/mol. The highest BCUT2D eigenvalue weighted by atomic mass is 28.3. The van der Waals surface area contributed by atoms with Crippen molar-refractivity contribution in [1.82, 2.24) is 19.4 Å². The summed E-state index contributed by atoms with van der Waals surface area (Å²) in [7, 11) is -2.12. The molecule has 3 atom stereocenters. The Morgan fingerprint density at radius 1 is 0.917 bits per heavy atom. The van der Waals surface area contributed by atoms with Crippen molar-refractivity contribution in [2.75, 3.05) is 13.2 Å². The van der Waals surface area contributed by atoms with Crippen LogP contribution < -0.4 is 0 Å². The molecule has 0 saturated heterocycles. The van der Waals surface area contributed by atoms with Gasteiger partial charge in [-0.2, -0.15) is 5.26 Å². The summed E-state index contributed by atoms with van der Waals surface area (Å²) in [5.41, 5.74) is 3.29. The molecule has 3 unspecified atom stereocenters. The highest BCUT2D eigenvalue weighted by Gasteiger charge is 2.41. The molecule has 0 bridgehead atoms. The molecule has 0 amide bonds. The third kappa shape index (κ3) is 10.9. The van der Waals surface area contributed by atoms with Crippen molar-refractivity contribution in [1.29, 1.82) is 5.26 Å². The van der Waals surface area contributed by atoms with E-state index in [1.807, 2.05) is 16.8 Å². The molecule has 0 radical (unpaired) electrons. The third-order valence-electron chi connectivity index (χ3n) is 11.2. The maximum Gasteiger partial charge on any atom is 0.349 e. The molecule has 1 saturated carbocycles. The molecule has 14 nitrogen and oxygen atoms in total. The minimum absolute atomic E-state index is 0.00893. The van der Waals surface area contributed by atoms with Crippen molar-refractivity contribution in [3.63, 3.8) is 0 Å². The van der Waals surface area contributed by atoms with Gasteiger partial charge < -0.3 is 33.9 Å². The lowest BCUT2D eigenvalue weighted by molar-refractivity contribution is -0.166. The van der Waals surface area contributed by atoms with Gasteiger partial charge in [0.25, 0.3) is 0 Å². The summed E-state index contributed by atoms with van der Waals surface area (Å²) in [5.74, 6) is -5.16. The second-order valence-corrected chi connectivity index (χ2v) is 21.2. The smallest absolute Gasteiger partial charge is 0.349 e. The number of fused-ring (bicyclic) bond motifs is 1. The van der Waals surface area contributed by atoms with Crippen LogP contribution in [0.5, 0.6) is 0 Å². The molecule has 2 aromatic heterocycles. The number of carboxylic acids is 2. The number of carbonyl (C=O) groups excluding carboxylic acids is 2. The Bertz CT molecular complexity index is 2260. The van der Waals surface area contributed by atoms with Gasteiger partial charge in [-0.15, -0.1) is 0 Å². The molecule has 60 heavy (non-hydrogen) atoms. The second kappa shape index (κ2) is 20.2. The van der Waals surface area contributed by atoms with Crippen LogP contribution in [0.25, 0.3) is 16.6 Å². The summed E-state index contributed by atoms with van der Waals surface area (Å²) in [4.78, 5) is 62.1. The van der Waals surface area contributed by atoms with Gasteiger partial charge in [0.2, 0.25) is 12.2 Å². The molecule has 2 aromatic carbocycles. The summed E-state index contributed by atoms with van der Waals surface area (Å²) in [6, 6.07) is 20.0. The maximum atomic E-state index is 13.5. The Morgan fingerprint density at radius 3 is 2.33 bits per heavy atom. The van der Waals surface area contributed by atoms with Gasteiger partial charge in [-0.05, 0) is 73.5 Å². The highest BCUT2D eigenvalue weighted by molar-refractivity contribution is 6.77. The first kappa shape index (κ1) is 43.5. The summed E-state index contributed by atoms with van der Waals surface area (Å²) in [6.07, 6.45) is 12.7. The number of allylic oxidation sites excluding steroid dienone is 3. The Balaban J connectivity index is 1.09. The lowest BCUT2D eigenvalue weighted by Crippen LogP contribution is -2.46. The topological polar surface area (TPSA) is 194 Å². The summed E-state index contributed by atoms with van der Waals surface area (Å²) < 4.78 is 18.4. The van der Waals surface area contributed by atoms with Crippen molar-refractivity contribution < 1.29 is 43.6 Å². The van der Waals surface area contributed by atoms with E-state index in [-0.39, 0.29) is 23.9 Å². The third-order valence-corrected chi connectivity index (χ3v) is 14.1. The number of esters is 2. The average Bonchev–Trinajstić information content (AvgIpc) is 3.91. The van der Waals surface area contributed by atoms with Crippen molar-refractivity contribution in [2.24, 2.45) is 5.92 Å². The van der Waals surface area contributed by atoms with E-state index in [0.29, 0.717) is 30.6 Å². The maximum absolute atomic E-state index is 13.5. The van der Waals surface area contributed by atoms with E-state index in [4.69, 9.17) is 19.2 Å². The minimum Gasteiger partial charge on any atom is -0.478 e. The first-order valence-electron chi connectivity index (χ1n) is 20.4. The Hall–Kier alpha value is -6.11. The van der Waals surface area contributed by atoms with Gasteiger partial charge in [-0.3, -0.25) is 0 Å². The fraction of sp³-hybridized carbons (Fsp3) is 0.400. The first-order valence-corrected chi connectivity index (χ1v) is 23.8. The predicted octanol–water partition coefficient (Wildman–Crippen LogP) is 7.28. The lowest BCUT2D eigenvalue weighted by Gasteiger charge is -2.34. The van der Waals surface area contributed by atoms with Crippen LogP contribution in [0.4, 0.5) is 0 Å². The number of nitrogens with zero attached hydrogens (tertiary/aromatic N) is 5. The normalized spacial score (nSPS) is 16.2. The standard InChI is InChI=1S/C45H51N5O9Si/c1-60(2,28-34-18-10-11-19-35(34)45(56)59-40(43(53)54)39(42(51)52)58-44(55)32-15-5-3-6-16-32)26-25-57-30-50-24-21-36-38(47-29-48-41(36)50)33-17-7-4-12-23-49(27-33)37(20-22-46)31-13-8-9-14-31/h3,5-7,10-11,15-19,21,24,27,29,31,37,39-40H,4,8-9,12-14,20,23,25-26,28,30H2,1-2H3,(H,51,52)(H,53,54). The van der Waals surface area contributed by atoms with Gasteiger partial charge in [-0.25, -0.2) is 29.1 Å². The minimum atomic E-state index is -2.30. The van der Waals surface area contributed by atoms with Crippen molar-refractivity contribution >= 4 is 48.6 Å². The van der Waals surface area contributed by atoms with Crippen molar-refractivity contribution in [3.05, 3.63) is 114 Å². The number of hydrogen-bond acceptors (Lipinski definition) is 11. The number of aliphatic carboxylic acids is 2. The van der Waals surface area contributed by atoms with E-state index < -0.39 is 44.2 Å². The molecule has 0 spiro atoms. The molecule has 314 valence electrons. The molecule has 1 aliphatic heterocycles. The monoisotopic (exact) mass is 833 g/mol. The number of benzene rings is 2. The summed E-state index contributed by atoms with van der Waals surface area (Å²) >= 11 is 0. The zero-order chi connectivity index (χ0) is 42.6.